The number of ether oxygens (including phenoxy) is 2. The zero-order valence-corrected chi connectivity index (χ0v) is 19.6. The largest absolute Gasteiger partial charge is 0.493 e. The van der Waals surface area contributed by atoms with E-state index in [-0.39, 0.29) is 23.0 Å². The molecule has 0 saturated carbocycles. The van der Waals surface area contributed by atoms with Crippen LogP contribution < -0.4 is 20.1 Å². The van der Waals surface area contributed by atoms with Gasteiger partial charge < -0.3 is 25.0 Å². The van der Waals surface area contributed by atoms with Gasteiger partial charge >= 0.3 is 6.03 Å². The number of nitrogens with one attached hydrogen (secondary N) is 2. The van der Waals surface area contributed by atoms with Gasteiger partial charge in [-0.05, 0) is 43.2 Å². The standard InChI is InChI=1S/C22H22ClN5O4S/c1-31-17-9-8-15(12-18(17)32-2)25-22(30)28-10-4-7-16(28)20-26-27-21(33-20)19(29)24-14-6-3-5-13(23)11-14/h3,5-6,8-9,11-12,16H,4,7,10H2,1-2H3,(H,24,29)(H,25,30)/t16-/m1/s1. The summed E-state index contributed by atoms with van der Waals surface area (Å²) in [5, 5.41) is 15.2. The van der Waals surface area contributed by atoms with Crippen molar-refractivity contribution in [3.8, 4) is 11.5 Å². The molecule has 0 bridgehead atoms. The van der Waals surface area contributed by atoms with Crippen LogP contribution >= 0.6 is 22.9 Å². The minimum Gasteiger partial charge on any atom is -0.493 e. The number of methoxy groups -OCH3 is 2. The van der Waals surface area contributed by atoms with E-state index in [1.54, 1.807) is 54.5 Å². The Morgan fingerprint density at radius 1 is 1.06 bits per heavy atom. The number of hydrogen-bond donors (Lipinski definition) is 2. The lowest BCUT2D eigenvalue weighted by molar-refractivity contribution is 0.102. The van der Waals surface area contributed by atoms with E-state index in [1.165, 1.54) is 18.4 Å². The number of likely N-dealkylation sites (tertiary alicyclic amines) is 1. The smallest absolute Gasteiger partial charge is 0.322 e. The molecule has 2 N–H and O–H groups in total. The average molecular weight is 488 g/mol. The number of rotatable bonds is 6. The molecule has 4 rings (SSSR count). The maximum absolute atomic E-state index is 13.0. The van der Waals surface area contributed by atoms with Crippen LogP contribution in [-0.4, -0.2) is 47.8 Å². The third-order valence-electron chi connectivity index (χ3n) is 5.15. The lowest BCUT2D eigenvalue weighted by Gasteiger charge is -2.23. The average Bonchev–Trinajstić information content (AvgIpc) is 3.48. The maximum atomic E-state index is 13.0. The molecule has 0 radical (unpaired) electrons. The third kappa shape index (κ3) is 5.18. The molecule has 1 aliphatic heterocycles. The van der Waals surface area contributed by atoms with Crippen LogP contribution in [0.25, 0.3) is 0 Å². The lowest BCUT2D eigenvalue weighted by atomic mass is 10.2. The topological polar surface area (TPSA) is 106 Å². The van der Waals surface area contributed by atoms with Gasteiger partial charge in [0.1, 0.15) is 5.01 Å². The fourth-order valence-electron chi connectivity index (χ4n) is 3.59. The van der Waals surface area contributed by atoms with E-state index in [0.717, 1.165) is 12.8 Å². The van der Waals surface area contributed by atoms with Crippen molar-refractivity contribution in [1.82, 2.24) is 15.1 Å². The van der Waals surface area contributed by atoms with Gasteiger partial charge in [-0.25, -0.2) is 4.79 Å². The van der Waals surface area contributed by atoms with Crippen molar-refractivity contribution in [1.29, 1.82) is 0 Å². The van der Waals surface area contributed by atoms with E-state index in [2.05, 4.69) is 20.8 Å². The monoisotopic (exact) mass is 487 g/mol. The highest BCUT2D eigenvalue weighted by Gasteiger charge is 2.33. The zero-order valence-electron chi connectivity index (χ0n) is 18.0. The molecule has 1 atom stereocenters. The molecule has 2 heterocycles. The van der Waals surface area contributed by atoms with Gasteiger partial charge in [-0.3, -0.25) is 4.79 Å². The Hall–Kier alpha value is -3.37. The van der Waals surface area contributed by atoms with Crippen LogP contribution in [0.2, 0.25) is 5.02 Å². The van der Waals surface area contributed by atoms with Gasteiger partial charge in [0.2, 0.25) is 5.01 Å². The fraction of sp³-hybridized carbons (Fsp3) is 0.273. The number of carbonyl (C=O) groups excluding carboxylic acids is 2. The Labute approximate surface area is 199 Å². The van der Waals surface area contributed by atoms with Crippen LogP contribution in [-0.2, 0) is 0 Å². The molecule has 11 heteroatoms. The van der Waals surface area contributed by atoms with Gasteiger partial charge in [-0.15, -0.1) is 10.2 Å². The Morgan fingerprint density at radius 2 is 1.85 bits per heavy atom. The molecule has 3 amide bonds. The number of carbonyl (C=O) groups is 2. The van der Waals surface area contributed by atoms with E-state index in [1.807, 2.05) is 0 Å². The molecular weight excluding hydrogens is 466 g/mol. The molecule has 1 aromatic heterocycles. The molecule has 2 aromatic carbocycles. The summed E-state index contributed by atoms with van der Waals surface area (Å²) in [5.41, 5.74) is 1.16. The van der Waals surface area contributed by atoms with Crippen molar-refractivity contribution >= 4 is 46.3 Å². The van der Waals surface area contributed by atoms with Crippen LogP contribution in [0.3, 0.4) is 0 Å². The number of hydrogen-bond acceptors (Lipinski definition) is 7. The van der Waals surface area contributed by atoms with E-state index < -0.39 is 0 Å². The Balaban J connectivity index is 1.44. The van der Waals surface area contributed by atoms with Crippen LogP contribution in [0, 0.1) is 0 Å². The SMILES string of the molecule is COc1ccc(NC(=O)N2CCC[C@@H]2c2nnc(C(=O)Nc3cccc(Cl)c3)s2)cc1OC. The highest BCUT2D eigenvalue weighted by molar-refractivity contribution is 7.13. The molecule has 0 aliphatic carbocycles. The van der Waals surface area contributed by atoms with Gasteiger partial charge in [0, 0.05) is 29.0 Å². The van der Waals surface area contributed by atoms with E-state index in [9.17, 15) is 9.59 Å². The van der Waals surface area contributed by atoms with Crippen LogP contribution in [0.5, 0.6) is 11.5 Å². The first kappa shape index (κ1) is 22.8. The first-order valence-electron chi connectivity index (χ1n) is 10.2. The van der Waals surface area contributed by atoms with E-state index in [0.29, 0.717) is 39.4 Å². The lowest BCUT2D eigenvalue weighted by Crippen LogP contribution is -2.34. The maximum Gasteiger partial charge on any atom is 0.322 e. The summed E-state index contributed by atoms with van der Waals surface area (Å²) in [7, 11) is 3.09. The second-order valence-corrected chi connectivity index (χ2v) is 8.71. The van der Waals surface area contributed by atoms with Crippen molar-refractivity contribution in [3.63, 3.8) is 0 Å². The molecule has 33 heavy (non-hydrogen) atoms. The summed E-state index contributed by atoms with van der Waals surface area (Å²) in [6.45, 7) is 0.577. The first-order chi connectivity index (χ1) is 16.0. The number of nitrogens with zero attached hydrogens (tertiary/aromatic N) is 3. The molecule has 1 aliphatic rings. The van der Waals surface area contributed by atoms with Gasteiger partial charge in [0.25, 0.3) is 5.91 Å². The highest BCUT2D eigenvalue weighted by atomic mass is 35.5. The zero-order chi connectivity index (χ0) is 23.4. The number of halogens is 1. The summed E-state index contributed by atoms with van der Waals surface area (Å²) in [4.78, 5) is 27.2. The highest BCUT2D eigenvalue weighted by Crippen LogP contribution is 2.35. The first-order valence-corrected chi connectivity index (χ1v) is 11.4. The second-order valence-electron chi connectivity index (χ2n) is 7.26. The van der Waals surface area contributed by atoms with Crippen molar-refractivity contribution < 1.29 is 19.1 Å². The summed E-state index contributed by atoms with van der Waals surface area (Å²) >= 11 is 7.14. The van der Waals surface area contributed by atoms with Crippen molar-refractivity contribution in [2.45, 2.75) is 18.9 Å². The minimum atomic E-state index is -0.375. The Kier molecular flexibility index (Phi) is 6.95. The Bertz CT molecular complexity index is 1170. The summed E-state index contributed by atoms with van der Waals surface area (Å²) in [6.07, 6.45) is 1.57. The number of benzene rings is 2. The van der Waals surface area contributed by atoms with E-state index >= 15 is 0 Å². The summed E-state index contributed by atoms with van der Waals surface area (Å²) in [6, 6.07) is 11.5. The molecule has 1 fully saturated rings. The summed E-state index contributed by atoms with van der Waals surface area (Å²) in [5.74, 6) is 0.722. The van der Waals surface area contributed by atoms with Gasteiger partial charge in [-0.1, -0.05) is 29.0 Å². The molecule has 0 spiro atoms. The molecule has 9 nitrogen and oxygen atoms in total. The van der Waals surface area contributed by atoms with Gasteiger partial charge in [0.05, 0.1) is 20.3 Å². The predicted octanol–water partition coefficient (Wildman–Crippen LogP) is 4.83. The fourth-order valence-corrected chi connectivity index (χ4v) is 4.66. The van der Waals surface area contributed by atoms with Crippen molar-refractivity contribution in [2.75, 3.05) is 31.4 Å². The third-order valence-corrected chi connectivity index (χ3v) is 6.41. The number of urea groups is 1. The number of aromatic nitrogens is 2. The minimum absolute atomic E-state index is 0.220. The van der Waals surface area contributed by atoms with E-state index in [4.69, 9.17) is 21.1 Å². The molecule has 172 valence electrons. The quantitative estimate of drug-likeness (QED) is 0.516. The molecule has 3 aromatic rings. The van der Waals surface area contributed by atoms with Gasteiger partial charge in [-0.2, -0.15) is 0 Å². The van der Waals surface area contributed by atoms with Crippen LogP contribution in [0.15, 0.2) is 42.5 Å². The van der Waals surface area contributed by atoms with Crippen LogP contribution in [0.1, 0.15) is 33.7 Å². The molecule has 1 saturated heterocycles. The Morgan fingerprint density at radius 3 is 2.61 bits per heavy atom. The number of anilines is 2. The number of amides is 3. The molecular formula is C22H22ClN5O4S. The van der Waals surface area contributed by atoms with Crippen LogP contribution in [0.4, 0.5) is 16.2 Å². The normalized spacial score (nSPS) is 15.2. The van der Waals surface area contributed by atoms with Crippen molar-refractivity contribution in [2.24, 2.45) is 0 Å². The van der Waals surface area contributed by atoms with Gasteiger partial charge in [0.15, 0.2) is 11.5 Å². The predicted molar refractivity (Wildman–Crippen MR) is 127 cm³/mol. The molecule has 0 unspecified atom stereocenters. The summed E-state index contributed by atoms with van der Waals surface area (Å²) < 4.78 is 10.5. The van der Waals surface area contributed by atoms with Crippen molar-refractivity contribution in [3.05, 3.63) is 57.5 Å². The second kappa shape index (κ2) is 10.1.